The van der Waals surface area contributed by atoms with Gasteiger partial charge in [0.2, 0.25) is 0 Å². The smallest absolute Gasteiger partial charge is 0.151 e. The maximum atomic E-state index is 11.3. The van der Waals surface area contributed by atoms with Crippen LogP contribution in [-0.2, 0) is 9.84 Å². The maximum absolute atomic E-state index is 11.3. The Morgan fingerprint density at radius 1 is 1.54 bits per heavy atom. The van der Waals surface area contributed by atoms with Gasteiger partial charge in [0.15, 0.2) is 9.84 Å². The molecule has 1 aliphatic rings. The average molecular weight is 201 g/mol. The molecule has 0 aliphatic carbocycles. The summed E-state index contributed by atoms with van der Waals surface area (Å²) in [6.07, 6.45) is 5.90. The largest absolute Gasteiger partial charge is 0.289 e. The van der Waals surface area contributed by atoms with E-state index in [-0.39, 0.29) is 11.8 Å². The highest BCUT2D eigenvalue weighted by molar-refractivity contribution is 7.91. The molecule has 0 spiro atoms. The highest BCUT2D eigenvalue weighted by Gasteiger charge is 2.23. The van der Waals surface area contributed by atoms with Crippen molar-refractivity contribution in [3.05, 3.63) is 0 Å². The van der Waals surface area contributed by atoms with Crippen LogP contribution in [0.2, 0.25) is 0 Å². The van der Waals surface area contributed by atoms with E-state index in [0.29, 0.717) is 25.3 Å². The van der Waals surface area contributed by atoms with Gasteiger partial charge >= 0.3 is 0 Å². The van der Waals surface area contributed by atoms with Crippen LogP contribution in [-0.4, -0.2) is 44.0 Å². The molecule has 0 aromatic carbocycles. The molecular weight excluding hydrogens is 186 g/mol. The van der Waals surface area contributed by atoms with Crippen molar-refractivity contribution in [1.29, 1.82) is 0 Å². The first-order valence-corrected chi connectivity index (χ1v) is 6.25. The van der Waals surface area contributed by atoms with Crippen LogP contribution < -0.4 is 0 Å². The summed E-state index contributed by atoms with van der Waals surface area (Å²) < 4.78 is 22.6. The van der Waals surface area contributed by atoms with Crippen molar-refractivity contribution in [3.8, 4) is 12.3 Å². The Hall–Kier alpha value is -0.530. The predicted molar refractivity (Wildman–Crippen MR) is 53.1 cm³/mol. The summed E-state index contributed by atoms with van der Waals surface area (Å²) in [5.41, 5.74) is 0. The van der Waals surface area contributed by atoms with Crippen LogP contribution in [0.3, 0.4) is 0 Å². The summed E-state index contributed by atoms with van der Waals surface area (Å²) in [5.74, 6) is 3.10. The molecule has 1 fully saturated rings. The summed E-state index contributed by atoms with van der Waals surface area (Å²) in [4.78, 5) is 2.05. The first-order chi connectivity index (χ1) is 6.05. The van der Waals surface area contributed by atoms with E-state index >= 15 is 0 Å². The van der Waals surface area contributed by atoms with E-state index in [1.807, 2.05) is 11.8 Å². The van der Waals surface area contributed by atoms with Gasteiger partial charge in [0.1, 0.15) is 0 Å². The quantitative estimate of drug-likeness (QED) is 0.566. The van der Waals surface area contributed by atoms with Crippen molar-refractivity contribution in [2.75, 3.05) is 24.6 Å². The standard InChI is InChI=1S/C9H15NO2S/c1-3-5-10-6-8-13(11,12)7-4-9(10)2/h1,9H,4-8H2,2H3. The molecule has 74 valence electrons. The van der Waals surface area contributed by atoms with Gasteiger partial charge < -0.3 is 0 Å². The molecule has 0 amide bonds. The van der Waals surface area contributed by atoms with E-state index in [1.54, 1.807) is 0 Å². The van der Waals surface area contributed by atoms with Crippen LogP contribution in [0, 0.1) is 12.3 Å². The first-order valence-electron chi connectivity index (χ1n) is 4.43. The van der Waals surface area contributed by atoms with E-state index in [9.17, 15) is 8.42 Å². The summed E-state index contributed by atoms with van der Waals surface area (Å²) in [6.45, 7) is 3.16. The van der Waals surface area contributed by atoms with E-state index in [1.165, 1.54) is 0 Å². The lowest BCUT2D eigenvalue weighted by molar-refractivity contribution is 0.249. The molecule has 1 unspecified atom stereocenters. The first kappa shape index (κ1) is 10.6. The minimum absolute atomic E-state index is 0.249. The molecule has 4 heteroatoms. The SMILES string of the molecule is C#CCN1CCS(=O)(=O)CCC1C. The minimum atomic E-state index is -2.81. The predicted octanol–water partition coefficient (Wildman–Crippen LogP) is 0.129. The fraction of sp³-hybridized carbons (Fsp3) is 0.778. The summed E-state index contributed by atoms with van der Waals surface area (Å²) in [5, 5.41) is 0. The van der Waals surface area contributed by atoms with Crippen molar-refractivity contribution >= 4 is 9.84 Å². The molecule has 0 radical (unpaired) electrons. The van der Waals surface area contributed by atoms with Crippen molar-refractivity contribution in [2.45, 2.75) is 19.4 Å². The van der Waals surface area contributed by atoms with E-state index in [0.717, 1.165) is 0 Å². The molecule has 1 atom stereocenters. The third-order valence-electron chi connectivity index (χ3n) is 2.45. The van der Waals surface area contributed by atoms with Gasteiger partial charge in [0, 0.05) is 12.6 Å². The number of nitrogens with zero attached hydrogens (tertiary/aromatic N) is 1. The Balaban J connectivity index is 2.66. The molecule has 0 N–H and O–H groups in total. The lowest BCUT2D eigenvalue weighted by atomic mass is 10.2. The van der Waals surface area contributed by atoms with Gasteiger partial charge in [0.25, 0.3) is 0 Å². The summed E-state index contributed by atoms with van der Waals surface area (Å²) >= 11 is 0. The molecular formula is C9H15NO2S. The van der Waals surface area contributed by atoms with Gasteiger partial charge in [-0.25, -0.2) is 8.42 Å². The Labute approximate surface area is 80.0 Å². The van der Waals surface area contributed by atoms with E-state index in [4.69, 9.17) is 6.42 Å². The Bertz CT molecular complexity index is 302. The van der Waals surface area contributed by atoms with Crippen LogP contribution in [0.4, 0.5) is 0 Å². The van der Waals surface area contributed by atoms with Gasteiger partial charge in [-0.2, -0.15) is 0 Å². The molecule has 1 rings (SSSR count). The van der Waals surface area contributed by atoms with Gasteiger partial charge in [-0.1, -0.05) is 5.92 Å². The van der Waals surface area contributed by atoms with Crippen molar-refractivity contribution in [1.82, 2.24) is 4.90 Å². The van der Waals surface area contributed by atoms with Crippen molar-refractivity contribution in [3.63, 3.8) is 0 Å². The Kier molecular flexibility index (Phi) is 3.34. The summed E-state index contributed by atoms with van der Waals surface area (Å²) in [6, 6.07) is 0.285. The second kappa shape index (κ2) is 4.12. The minimum Gasteiger partial charge on any atom is -0.289 e. The fourth-order valence-electron chi connectivity index (χ4n) is 1.46. The van der Waals surface area contributed by atoms with E-state index in [2.05, 4.69) is 5.92 Å². The van der Waals surface area contributed by atoms with Crippen LogP contribution in [0.1, 0.15) is 13.3 Å². The molecule has 0 aromatic heterocycles. The zero-order valence-corrected chi connectivity index (χ0v) is 8.68. The third kappa shape index (κ3) is 3.02. The molecule has 1 heterocycles. The fourth-order valence-corrected chi connectivity index (χ4v) is 2.88. The maximum Gasteiger partial charge on any atom is 0.151 e. The third-order valence-corrected chi connectivity index (χ3v) is 4.12. The zero-order chi connectivity index (χ0) is 9.90. The van der Waals surface area contributed by atoms with E-state index < -0.39 is 9.84 Å². The molecule has 3 nitrogen and oxygen atoms in total. The lowest BCUT2D eigenvalue weighted by Crippen LogP contribution is -2.34. The second-order valence-electron chi connectivity index (χ2n) is 3.46. The van der Waals surface area contributed by atoms with Crippen molar-refractivity contribution in [2.24, 2.45) is 0 Å². The van der Waals surface area contributed by atoms with Gasteiger partial charge in [-0.3, -0.25) is 4.90 Å². The molecule has 13 heavy (non-hydrogen) atoms. The molecule has 0 saturated carbocycles. The lowest BCUT2D eigenvalue weighted by Gasteiger charge is -2.23. The number of sulfone groups is 1. The molecule has 1 saturated heterocycles. The van der Waals surface area contributed by atoms with Crippen molar-refractivity contribution < 1.29 is 8.42 Å². The van der Waals surface area contributed by atoms with Crippen LogP contribution >= 0.6 is 0 Å². The highest BCUT2D eigenvalue weighted by Crippen LogP contribution is 2.11. The monoisotopic (exact) mass is 201 g/mol. The topological polar surface area (TPSA) is 37.4 Å². The molecule has 0 aromatic rings. The van der Waals surface area contributed by atoms with Gasteiger partial charge in [-0.15, -0.1) is 6.42 Å². The summed E-state index contributed by atoms with van der Waals surface area (Å²) in [7, 11) is -2.81. The van der Waals surface area contributed by atoms with Gasteiger partial charge in [0.05, 0.1) is 18.1 Å². The number of terminal acetylenes is 1. The average Bonchev–Trinajstić information content (AvgIpc) is 2.18. The van der Waals surface area contributed by atoms with Gasteiger partial charge in [-0.05, 0) is 13.3 Å². The van der Waals surface area contributed by atoms with Crippen LogP contribution in [0.5, 0.6) is 0 Å². The molecule has 1 aliphatic heterocycles. The normalized spacial score (nSPS) is 29.1. The Morgan fingerprint density at radius 2 is 2.23 bits per heavy atom. The second-order valence-corrected chi connectivity index (χ2v) is 5.77. The Morgan fingerprint density at radius 3 is 2.85 bits per heavy atom. The number of hydrogen-bond donors (Lipinski definition) is 0. The zero-order valence-electron chi connectivity index (χ0n) is 7.86. The molecule has 0 bridgehead atoms. The van der Waals surface area contributed by atoms with Crippen LogP contribution in [0.15, 0.2) is 0 Å². The number of rotatable bonds is 1. The number of hydrogen-bond acceptors (Lipinski definition) is 3. The highest BCUT2D eigenvalue weighted by atomic mass is 32.2. The van der Waals surface area contributed by atoms with Crippen LogP contribution in [0.25, 0.3) is 0 Å².